The number of hydrogen-bond acceptors (Lipinski definition) is 2. The molecule has 0 radical (unpaired) electrons. The number of para-hydroxylation sites is 1. The molecule has 0 aliphatic rings. The maximum absolute atomic E-state index is 11.9. The summed E-state index contributed by atoms with van der Waals surface area (Å²) in [4.78, 5) is 15.8. The molecule has 100 valence electrons. The molecule has 0 spiro atoms. The molecular formula is C15H24N2O. The van der Waals surface area contributed by atoms with Gasteiger partial charge in [0.05, 0.1) is 0 Å². The monoisotopic (exact) mass is 248 g/mol. The molecular weight excluding hydrogens is 224 g/mol. The first-order chi connectivity index (χ1) is 8.65. The van der Waals surface area contributed by atoms with Crippen molar-refractivity contribution in [3.8, 4) is 0 Å². The van der Waals surface area contributed by atoms with E-state index in [0.29, 0.717) is 6.42 Å². The lowest BCUT2D eigenvalue weighted by atomic mass is 10.2. The smallest absolute Gasteiger partial charge is 0.224 e. The Morgan fingerprint density at radius 1 is 1.11 bits per heavy atom. The molecule has 0 saturated carbocycles. The first-order valence-electron chi connectivity index (χ1n) is 6.65. The van der Waals surface area contributed by atoms with Crippen LogP contribution in [-0.4, -0.2) is 38.0 Å². The Morgan fingerprint density at radius 3 is 2.39 bits per heavy atom. The van der Waals surface area contributed by atoms with Crippen LogP contribution in [0, 0.1) is 0 Å². The lowest BCUT2D eigenvalue weighted by Gasteiger charge is -2.21. The zero-order valence-corrected chi connectivity index (χ0v) is 11.7. The lowest BCUT2D eigenvalue weighted by Crippen LogP contribution is -2.31. The molecule has 1 aromatic carbocycles. The van der Waals surface area contributed by atoms with Crippen LogP contribution in [0.1, 0.15) is 26.2 Å². The Balaban J connectivity index is 2.34. The third-order valence-electron chi connectivity index (χ3n) is 3.13. The lowest BCUT2D eigenvalue weighted by molar-refractivity contribution is -0.129. The maximum atomic E-state index is 11.9. The number of nitrogens with zero attached hydrogens (tertiary/aromatic N) is 2. The van der Waals surface area contributed by atoms with E-state index in [4.69, 9.17) is 0 Å². The van der Waals surface area contributed by atoms with Gasteiger partial charge in [0, 0.05) is 39.3 Å². The molecule has 0 unspecified atom stereocenters. The highest BCUT2D eigenvalue weighted by Gasteiger charge is 2.09. The fourth-order valence-electron chi connectivity index (χ4n) is 1.79. The first kappa shape index (κ1) is 14.6. The van der Waals surface area contributed by atoms with Crippen molar-refractivity contribution in [2.24, 2.45) is 0 Å². The minimum atomic E-state index is 0.228. The van der Waals surface area contributed by atoms with Gasteiger partial charge in [0.1, 0.15) is 0 Å². The van der Waals surface area contributed by atoms with Gasteiger partial charge >= 0.3 is 0 Å². The van der Waals surface area contributed by atoms with Crippen LogP contribution < -0.4 is 4.90 Å². The van der Waals surface area contributed by atoms with E-state index >= 15 is 0 Å². The molecule has 18 heavy (non-hydrogen) atoms. The standard InChI is InChI=1S/C15H24N2O/c1-4-5-12-17(3)15(18)11-13-16(2)14-9-7-6-8-10-14/h6-10H,4-5,11-13H2,1-3H3. The van der Waals surface area contributed by atoms with Crippen molar-refractivity contribution < 1.29 is 4.79 Å². The fourth-order valence-corrected chi connectivity index (χ4v) is 1.79. The Labute approximate surface area is 110 Å². The van der Waals surface area contributed by atoms with Gasteiger partial charge in [-0.3, -0.25) is 4.79 Å². The van der Waals surface area contributed by atoms with Gasteiger partial charge < -0.3 is 9.80 Å². The highest BCUT2D eigenvalue weighted by atomic mass is 16.2. The van der Waals surface area contributed by atoms with Crippen LogP contribution in [0.4, 0.5) is 5.69 Å². The minimum Gasteiger partial charge on any atom is -0.374 e. The number of rotatable bonds is 7. The number of carbonyl (C=O) groups excluding carboxylic acids is 1. The Kier molecular flexibility index (Phi) is 6.26. The van der Waals surface area contributed by atoms with Crippen molar-refractivity contribution in [3.05, 3.63) is 30.3 Å². The van der Waals surface area contributed by atoms with Crippen molar-refractivity contribution in [1.29, 1.82) is 0 Å². The molecule has 3 nitrogen and oxygen atoms in total. The summed E-state index contributed by atoms with van der Waals surface area (Å²) in [6, 6.07) is 10.2. The highest BCUT2D eigenvalue weighted by molar-refractivity contribution is 5.76. The summed E-state index contributed by atoms with van der Waals surface area (Å²) < 4.78 is 0. The minimum absolute atomic E-state index is 0.228. The number of benzene rings is 1. The van der Waals surface area contributed by atoms with Crippen LogP contribution in [0.25, 0.3) is 0 Å². The maximum Gasteiger partial charge on any atom is 0.224 e. The quantitative estimate of drug-likeness (QED) is 0.741. The fraction of sp³-hybridized carbons (Fsp3) is 0.533. The predicted molar refractivity (Wildman–Crippen MR) is 76.9 cm³/mol. The third kappa shape index (κ3) is 4.78. The predicted octanol–water partition coefficient (Wildman–Crippen LogP) is 2.77. The number of hydrogen-bond donors (Lipinski definition) is 0. The van der Waals surface area contributed by atoms with Crippen molar-refractivity contribution in [2.75, 3.05) is 32.1 Å². The van der Waals surface area contributed by atoms with Crippen LogP contribution in [0.5, 0.6) is 0 Å². The summed E-state index contributed by atoms with van der Waals surface area (Å²) in [6.45, 7) is 3.77. The molecule has 0 fully saturated rings. The van der Waals surface area contributed by atoms with Gasteiger partial charge in [-0.05, 0) is 18.6 Å². The number of anilines is 1. The Hall–Kier alpha value is -1.51. The largest absolute Gasteiger partial charge is 0.374 e. The SMILES string of the molecule is CCCCN(C)C(=O)CCN(C)c1ccccc1. The molecule has 0 saturated heterocycles. The molecule has 0 bridgehead atoms. The van der Waals surface area contributed by atoms with Crippen LogP contribution in [0.15, 0.2) is 30.3 Å². The molecule has 1 aromatic rings. The molecule has 3 heteroatoms. The molecule has 0 atom stereocenters. The number of unbranched alkanes of at least 4 members (excludes halogenated alkanes) is 1. The van der Waals surface area contributed by atoms with Gasteiger partial charge in [0.25, 0.3) is 0 Å². The number of carbonyl (C=O) groups is 1. The van der Waals surface area contributed by atoms with Crippen molar-refractivity contribution >= 4 is 11.6 Å². The summed E-state index contributed by atoms with van der Waals surface area (Å²) in [5.74, 6) is 0.228. The Morgan fingerprint density at radius 2 is 1.78 bits per heavy atom. The summed E-state index contributed by atoms with van der Waals surface area (Å²) in [5.41, 5.74) is 1.15. The van der Waals surface area contributed by atoms with Gasteiger partial charge in [0.15, 0.2) is 0 Å². The first-order valence-corrected chi connectivity index (χ1v) is 6.65. The second-order valence-electron chi connectivity index (χ2n) is 4.68. The van der Waals surface area contributed by atoms with Gasteiger partial charge in [-0.2, -0.15) is 0 Å². The summed E-state index contributed by atoms with van der Waals surface area (Å²) in [5, 5.41) is 0. The van der Waals surface area contributed by atoms with Crippen molar-refractivity contribution in [3.63, 3.8) is 0 Å². The van der Waals surface area contributed by atoms with Crippen LogP contribution in [0.3, 0.4) is 0 Å². The van der Waals surface area contributed by atoms with Crippen LogP contribution >= 0.6 is 0 Å². The molecule has 0 aliphatic heterocycles. The zero-order valence-electron chi connectivity index (χ0n) is 11.7. The van der Waals surface area contributed by atoms with E-state index in [1.807, 2.05) is 37.2 Å². The second kappa shape index (κ2) is 7.75. The van der Waals surface area contributed by atoms with E-state index in [0.717, 1.165) is 31.6 Å². The summed E-state index contributed by atoms with van der Waals surface area (Å²) in [7, 11) is 3.91. The van der Waals surface area contributed by atoms with Crippen LogP contribution in [0.2, 0.25) is 0 Å². The van der Waals surface area contributed by atoms with Gasteiger partial charge in [-0.15, -0.1) is 0 Å². The van der Waals surface area contributed by atoms with Crippen LogP contribution in [-0.2, 0) is 4.79 Å². The molecule has 0 N–H and O–H groups in total. The average Bonchev–Trinajstić information content (AvgIpc) is 2.42. The molecule has 1 rings (SSSR count). The van der Waals surface area contributed by atoms with E-state index in [1.165, 1.54) is 0 Å². The highest BCUT2D eigenvalue weighted by Crippen LogP contribution is 2.11. The van der Waals surface area contributed by atoms with Crippen molar-refractivity contribution in [1.82, 2.24) is 4.90 Å². The van der Waals surface area contributed by atoms with E-state index in [2.05, 4.69) is 24.0 Å². The summed E-state index contributed by atoms with van der Waals surface area (Å²) in [6.07, 6.45) is 2.78. The van der Waals surface area contributed by atoms with Gasteiger partial charge in [-0.1, -0.05) is 31.5 Å². The van der Waals surface area contributed by atoms with E-state index < -0.39 is 0 Å². The zero-order chi connectivity index (χ0) is 13.4. The van der Waals surface area contributed by atoms with Gasteiger partial charge in [0.2, 0.25) is 5.91 Å². The van der Waals surface area contributed by atoms with Gasteiger partial charge in [-0.25, -0.2) is 0 Å². The summed E-state index contributed by atoms with van der Waals surface area (Å²) >= 11 is 0. The Bertz CT molecular complexity index is 351. The molecule has 0 aliphatic carbocycles. The molecule has 0 aromatic heterocycles. The van der Waals surface area contributed by atoms with E-state index in [1.54, 1.807) is 0 Å². The second-order valence-corrected chi connectivity index (χ2v) is 4.68. The third-order valence-corrected chi connectivity index (χ3v) is 3.13. The van der Waals surface area contributed by atoms with E-state index in [-0.39, 0.29) is 5.91 Å². The molecule has 0 heterocycles. The average molecular weight is 248 g/mol. The van der Waals surface area contributed by atoms with Crippen molar-refractivity contribution in [2.45, 2.75) is 26.2 Å². The number of amides is 1. The topological polar surface area (TPSA) is 23.6 Å². The van der Waals surface area contributed by atoms with E-state index in [9.17, 15) is 4.79 Å². The molecule has 1 amide bonds. The normalized spacial score (nSPS) is 10.2.